The third-order valence-electron chi connectivity index (χ3n) is 3.76. The van der Waals surface area contributed by atoms with Gasteiger partial charge in [0.25, 0.3) is 5.91 Å². The van der Waals surface area contributed by atoms with E-state index in [-0.39, 0.29) is 5.56 Å². The van der Waals surface area contributed by atoms with Crippen molar-refractivity contribution in [2.24, 2.45) is 0 Å². The number of carbonyl (C=O) groups excluding carboxylic acids is 1. The lowest BCUT2D eigenvalue weighted by Gasteiger charge is -2.12. The standard InChI is InChI=1S/C20H16F3N3O2/c1-2-28-16-6-4-3-5-14(16)25-17-10-7-12(11-24-17)20(27)26-15-9-8-13(21)18(22)19(15)23/h3-11H,2H2,1H3,(H,24,25)(H,26,27). The highest BCUT2D eigenvalue weighted by Gasteiger charge is 2.16. The molecule has 0 aliphatic heterocycles. The second-order valence-electron chi connectivity index (χ2n) is 5.66. The minimum atomic E-state index is -1.65. The zero-order valence-corrected chi connectivity index (χ0v) is 14.8. The highest BCUT2D eigenvalue weighted by molar-refractivity contribution is 6.04. The second-order valence-corrected chi connectivity index (χ2v) is 5.66. The van der Waals surface area contributed by atoms with E-state index in [0.29, 0.717) is 23.9 Å². The van der Waals surface area contributed by atoms with Crippen LogP contribution >= 0.6 is 0 Å². The van der Waals surface area contributed by atoms with Crippen LogP contribution < -0.4 is 15.4 Å². The number of anilines is 3. The molecule has 144 valence electrons. The summed E-state index contributed by atoms with van der Waals surface area (Å²) in [7, 11) is 0. The summed E-state index contributed by atoms with van der Waals surface area (Å²) in [5.74, 6) is -4.04. The molecule has 1 heterocycles. The summed E-state index contributed by atoms with van der Waals surface area (Å²) in [5, 5.41) is 5.27. The molecule has 1 amide bonds. The van der Waals surface area contributed by atoms with Crippen molar-refractivity contribution in [3.63, 3.8) is 0 Å². The van der Waals surface area contributed by atoms with Gasteiger partial charge in [0.2, 0.25) is 0 Å². The molecule has 0 atom stereocenters. The molecule has 0 saturated heterocycles. The Labute approximate surface area is 159 Å². The van der Waals surface area contributed by atoms with Crippen molar-refractivity contribution >= 4 is 23.1 Å². The fraction of sp³-hybridized carbons (Fsp3) is 0.100. The van der Waals surface area contributed by atoms with E-state index >= 15 is 0 Å². The minimum Gasteiger partial charge on any atom is -0.492 e. The lowest BCUT2D eigenvalue weighted by Crippen LogP contribution is -2.14. The molecule has 0 unspecified atom stereocenters. The number of hydrogen-bond acceptors (Lipinski definition) is 4. The van der Waals surface area contributed by atoms with Crippen LogP contribution in [0.3, 0.4) is 0 Å². The first kappa shape index (κ1) is 19.2. The van der Waals surface area contributed by atoms with Crippen molar-refractivity contribution in [2.45, 2.75) is 6.92 Å². The third kappa shape index (κ3) is 4.22. The summed E-state index contributed by atoms with van der Waals surface area (Å²) in [5.41, 5.74) is 0.363. The van der Waals surface area contributed by atoms with Crippen LogP contribution in [0.1, 0.15) is 17.3 Å². The molecule has 0 aliphatic rings. The van der Waals surface area contributed by atoms with Gasteiger partial charge in [-0.05, 0) is 43.3 Å². The van der Waals surface area contributed by atoms with Gasteiger partial charge in [-0.2, -0.15) is 0 Å². The molecule has 3 rings (SSSR count). The average Bonchev–Trinajstić information content (AvgIpc) is 2.70. The van der Waals surface area contributed by atoms with Gasteiger partial charge in [-0.3, -0.25) is 4.79 Å². The van der Waals surface area contributed by atoms with E-state index in [0.717, 1.165) is 12.1 Å². The number of amides is 1. The molecule has 5 nitrogen and oxygen atoms in total. The number of pyridine rings is 1. The topological polar surface area (TPSA) is 63.2 Å². The van der Waals surface area contributed by atoms with E-state index in [1.54, 1.807) is 6.07 Å². The van der Waals surface area contributed by atoms with Crippen molar-refractivity contribution in [3.05, 3.63) is 77.7 Å². The quantitative estimate of drug-likeness (QED) is 0.591. The van der Waals surface area contributed by atoms with Gasteiger partial charge < -0.3 is 15.4 Å². The van der Waals surface area contributed by atoms with Crippen molar-refractivity contribution in [1.82, 2.24) is 4.98 Å². The number of benzene rings is 2. The van der Waals surface area contributed by atoms with E-state index in [2.05, 4.69) is 15.6 Å². The largest absolute Gasteiger partial charge is 0.492 e. The number of carbonyl (C=O) groups is 1. The van der Waals surface area contributed by atoms with Crippen molar-refractivity contribution in [1.29, 1.82) is 0 Å². The maximum atomic E-state index is 13.7. The molecule has 2 N–H and O–H groups in total. The first-order valence-electron chi connectivity index (χ1n) is 8.39. The molecule has 0 radical (unpaired) electrons. The first-order chi connectivity index (χ1) is 13.5. The summed E-state index contributed by atoms with van der Waals surface area (Å²) in [6, 6.07) is 12.0. The van der Waals surface area contributed by atoms with Gasteiger partial charge in [0.05, 0.1) is 23.5 Å². The normalized spacial score (nSPS) is 10.4. The Morgan fingerprint density at radius 2 is 1.79 bits per heavy atom. The average molecular weight is 387 g/mol. The van der Waals surface area contributed by atoms with Gasteiger partial charge in [-0.1, -0.05) is 12.1 Å². The van der Waals surface area contributed by atoms with E-state index < -0.39 is 29.0 Å². The number of halogens is 3. The molecule has 2 aromatic carbocycles. The molecular weight excluding hydrogens is 371 g/mol. The monoisotopic (exact) mass is 387 g/mol. The Bertz CT molecular complexity index is 994. The second kappa shape index (κ2) is 8.43. The van der Waals surface area contributed by atoms with E-state index in [1.165, 1.54) is 12.3 Å². The van der Waals surface area contributed by atoms with Crippen LogP contribution in [0.25, 0.3) is 0 Å². The van der Waals surface area contributed by atoms with Gasteiger partial charge in [0, 0.05) is 6.20 Å². The Balaban J connectivity index is 1.72. The van der Waals surface area contributed by atoms with E-state index in [4.69, 9.17) is 4.74 Å². The summed E-state index contributed by atoms with van der Waals surface area (Å²) in [4.78, 5) is 16.3. The van der Waals surface area contributed by atoms with Gasteiger partial charge in [-0.15, -0.1) is 0 Å². The fourth-order valence-electron chi connectivity index (χ4n) is 2.41. The first-order valence-corrected chi connectivity index (χ1v) is 8.39. The van der Waals surface area contributed by atoms with Crippen LogP contribution in [0.15, 0.2) is 54.7 Å². The summed E-state index contributed by atoms with van der Waals surface area (Å²) >= 11 is 0. The van der Waals surface area contributed by atoms with E-state index in [1.807, 2.05) is 31.2 Å². The maximum absolute atomic E-state index is 13.7. The molecule has 0 fully saturated rings. The molecule has 0 spiro atoms. The molecular formula is C20H16F3N3O2. The smallest absolute Gasteiger partial charge is 0.257 e. The zero-order chi connectivity index (χ0) is 20.1. The number of hydrogen-bond donors (Lipinski definition) is 2. The predicted molar refractivity (Wildman–Crippen MR) is 99.4 cm³/mol. The van der Waals surface area contributed by atoms with Crippen LogP contribution in [0.4, 0.5) is 30.4 Å². The SMILES string of the molecule is CCOc1ccccc1Nc1ccc(C(=O)Nc2ccc(F)c(F)c2F)cn1. The number of ether oxygens (including phenoxy) is 1. The zero-order valence-electron chi connectivity index (χ0n) is 14.8. The van der Waals surface area contributed by atoms with Crippen LogP contribution in [0, 0.1) is 17.5 Å². The molecule has 0 aliphatic carbocycles. The van der Waals surface area contributed by atoms with Crippen LogP contribution in [-0.2, 0) is 0 Å². The molecule has 0 bridgehead atoms. The van der Waals surface area contributed by atoms with Crippen LogP contribution in [0.5, 0.6) is 5.75 Å². The highest BCUT2D eigenvalue weighted by atomic mass is 19.2. The lowest BCUT2D eigenvalue weighted by atomic mass is 10.2. The lowest BCUT2D eigenvalue weighted by molar-refractivity contribution is 0.102. The molecule has 8 heteroatoms. The van der Waals surface area contributed by atoms with Gasteiger partial charge in [0.1, 0.15) is 11.6 Å². The van der Waals surface area contributed by atoms with Crippen molar-refractivity contribution in [2.75, 3.05) is 17.2 Å². The number of rotatable bonds is 6. The van der Waals surface area contributed by atoms with Crippen LogP contribution in [-0.4, -0.2) is 17.5 Å². The number of nitrogens with one attached hydrogen (secondary N) is 2. The minimum absolute atomic E-state index is 0.118. The van der Waals surface area contributed by atoms with E-state index in [9.17, 15) is 18.0 Å². The molecule has 28 heavy (non-hydrogen) atoms. The highest BCUT2D eigenvalue weighted by Crippen LogP contribution is 2.26. The Kier molecular flexibility index (Phi) is 5.78. The molecule has 0 saturated carbocycles. The van der Waals surface area contributed by atoms with Gasteiger partial charge in [-0.25, -0.2) is 18.2 Å². The van der Waals surface area contributed by atoms with Crippen molar-refractivity contribution in [3.8, 4) is 5.75 Å². The van der Waals surface area contributed by atoms with Crippen LogP contribution in [0.2, 0.25) is 0 Å². The summed E-state index contributed by atoms with van der Waals surface area (Å²) < 4.78 is 45.4. The van der Waals surface area contributed by atoms with Gasteiger partial charge in [0.15, 0.2) is 17.5 Å². The van der Waals surface area contributed by atoms with Gasteiger partial charge >= 0.3 is 0 Å². The fourth-order valence-corrected chi connectivity index (χ4v) is 2.41. The number of nitrogens with zero attached hydrogens (tertiary/aromatic N) is 1. The third-order valence-corrected chi connectivity index (χ3v) is 3.76. The summed E-state index contributed by atoms with van der Waals surface area (Å²) in [6.07, 6.45) is 1.28. The van der Waals surface area contributed by atoms with Crippen molar-refractivity contribution < 1.29 is 22.7 Å². The Hall–Kier alpha value is -3.55. The Morgan fingerprint density at radius 1 is 1.00 bits per heavy atom. The number of aromatic nitrogens is 1. The molecule has 3 aromatic rings. The number of para-hydroxylation sites is 2. The Morgan fingerprint density at radius 3 is 2.50 bits per heavy atom. The predicted octanol–water partition coefficient (Wildman–Crippen LogP) is 4.89. The maximum Gasteiger partial charge on any atom is 0.257 e. The molecule has 1 aromatic heterocycles. The summed E-state index contributed by atoms with van der Waals surface area (Å²) in [6.45, 7) is 2.38.